The maximum absolute atomic E-state index is 12.9. The molecule has 1 N–H and O–H groups in total. The Hall–Kier alpha value is -2.97. The van der Waals surface area contributed by atoms with E-state index in [2.05, 4.69) is 11.4 Å². The Morgan fingerprint density at radius 3 is 2.35 bits per heavy atom. The van der Waals surface area contributed by atoms with E-state index in [4.69, 9.17) is 17.0 Å². The number of thiocarbonyl (C=S) groups is 1. The molecule has 0 radical (unpaired) electrons. The van der Waals surface area contributed by atoms with Gasteiger partial charge in [0.25, 0.3) is 0 Å². The van der Waals surface area contributed by atoms with E-state index in [1.54, 1.807) is 6.92 Å². The summed E-state index contributed by atoms with van der Waals surface area (Å²) >= 11 is 5.46. The van der Waals surface area contributed by atoms with Crippen molar-refractivity contribution in [2.45, 2.75) is 12.8 Å². The maximum Gasteiger partial charge on any atom is 0.336 e. The van der Waals surface area contributed by atoms with Crippen LogP contribution in [0.2, 0.25) is 0 Å². The van der Waals surface area contributed by atoms with Crippen molar-refractivity contribution in [3.63, 3.8) is 0 Å². The van der Waals surface area contributed by atoms with Crippen LogP contribution in [0.3, 0.4) is 0 Å². The average molecular weight is 362 g/mol. The zero-order chi connectivity index (χ0) is 18.5. The van der Waals surface area contributed by atoms with Gasteiger partial charge in [0.15, 0.2) is 0 Å². The van der Waals surface area contributed by atoms with Crippen molar-refractivity contribution in [3.05, 3.63) is 77.4 Å². The van der Waals surface area contributed by atoms with Crippen molar-refractivity contribution in [2.75, 3.05) is 6.61 Å². The van der Waals surface area contributed by atoms with Gasteiger partial charge in [0, 0.05) is 5.92 Å². The molecule has 1 aliphatic rings. The van der Waals surface area contributed by atoms with Gasteiger partial charge in [0.1, 0.15) is 5.92 Å². The number of esters is 1. The van der Waals surface area contributed by atoms with Crippen LogP contribution in [0, 0.1) is 17.2 Å². The number of hydrogen-bond donors (Lipinski definition) is 1. The van der Waals surface area contributed by atoms with Crippen molar-refractivity contribution in [2.24, 2.45) is 5.92 Å². The van der Waals surface area contributed by atoms with E-state index in [0.29, 0.717) is 16.3 Å². The van der Waals surface area contributed by atoms with Crippen LogP contribution in [0.25, 0.3) is 5.70 Å². The molecule has 0 saturated carbocycles. The van der Waals surface area contributed by atoms with E-state index < -0.39 is 17.8 Å². The fourth-order valence-electron chi connectivity index (χ4n) is 3.16. The second-order valence-corrected chi connectivity index (χ2v) is 6.30. The summed E-state index contributed by atoms with van der Waals surface area (Å²) in [5.74, 6) is -1.56. The van der Waals surface area contributed by atoms with E-state index >= 15 is 0 Å². The highest BCUT2D eigenvalue weighted by molar-refractivity contribution is 7.80. The summed E-state index contributed by atoms with van der Waals surface area (Å²) in [6.07, 6.45) is 0. The number of hydrogen-bond acceptors (Lipinski definition) is 4. The lowest BCUT2D eigenvalue weighted by Gasteiger charge is -2.33. The predicted octanol–water partition coefficient (Wildman–Crippen LogP) is 3.81. The number of ether oxygens (including phenoxy) is 1. The van der Waals surface area contributed by atoms with Crippen LogP contribution in [0.4, 0.5) is 0 Å². The molecule has 0 fully saturated rings. The van der Waals surface area contributed by atoms with Crippen molar-refractivity contribution in [3.8, 4) is 6.07 Å². The molecule has 3 rings (SSSR count). The highest BCUT2D eigenvalue weighted by Crippen LogP contribution is 2.40. The molecule has 2 atom stereocenters. The summed E-state index contributed by atoms with van der Waals surface area (Å²) in [4.78, 5) is 13.3. The van der Waals surface area contributed by atoms with E-state index in [1.807, 2.05) is 60.7 Å². The second-order valence-electron chi connectivity index (χ2n) is 5.86. The summed E-state index contributed by atoms with van der Waals surface area (Å²) in [6.45, 7) is 2.02. The van der Waals surface area contributed by atoms with Gasteiger partial charge in [-0.05, 0) is 18.1 Å². The van der Waals surface area contributed by atoms with Gasteiger partial charge in [-0.15, -0.1) is 0 Å². The van der Waals surface area contributed by atoms with E-state index in [-0.39, 0.29) is 6.61 Å². The van der Waals surface area contributed by atoms with E-state index in [9.17, 15) is 10.1 Å². The fraction of sp³-hybridized carbons (Fsp3) is 0.190. The minimum absolute atomic E-state index is 0.258. The molecule has 0 amide bonds. The molecule has 0 saturated heterocycles. The highest BCUT2D eigenvalue weighted by Gasteiger charge is 2.40. The van der Waals surface area contributed by atoms with Crippen LogP contribution >= 0.6 is 12.2 Å². The maximum atomic E-state index is 12.9. The fourth-order valence-corrected chi connectivity index (χ4v) is 3.46. The zero-order valence-electron chi connectivity index (χ0n) is 14.3. The van der Waals surface area contributed by atoms with Gasteiger partial charge in [-0.1, -0.05) is 72.9 Å². The van der Waals surface area contributed by atoms with Crippen LogP contribution in [0.5, 0.6) is 0 Å². The lowest BCUT2D eigenvalue weighted by molar-refractivity contribution is -0.138. The van der Waals surface area contributed by atoms with Crippen LogP contribution in [0.1, 0.15) is 24.0 Å². The van der Waals surface area contributed by atoms with Crippen molar-refractivity contribution >= 4 is 28.9 Å². The molecule has 0 bridgehead atoms. The monoisotopic (exact) mass is 362 g/mol. The van der Waals surface area contributed by atoms with Gasteiger partial charge < -0.3 is 10.1 Å². The van der Waals surface area contributed by atoms with Gasteiger partial charge in [-0.25, -0.2) is 4.79 Å². The summed E-state index contributed by atoms with van der Waals surface area (Å²) < 4.78 is 5.32. The first kappa shape index (κ1) is 17.8. The number of nitriles is 1. The summed E-state index contributed by atoms with van der Waals surface area (Å²) in [5.41, 5.74) is 2.73. The number of nitrogens with zero attached hydrogens (tertiary/aromatic N) is 1. The third kappa shape index (κ3) is 3.37. The number of carbonyl (C=O) groups is 1. The number of rotatable bonds is 4. The lowest BCUT2D eigenvalue weighted by Crippen LogP contribution is -2.40. The SMILES string of the molecule is CCOC(=O)C1=C(c2ccccc2)NC(=S)[C@@H](C#N)[C@@H]1c1ccccc1. The largest absolute Gasteiger partial charge is 0.463 e. The highest BCUT2D eigenvalue weighted by atomic mass is 32.1. The first-order valence-corrected chi connectivity index (χ1v) is 8.80. The first-order valence-electron chi connectivity index (χ1n) is 8.39. The van der Waals surface area contributed by atoms with Crippen molar-refractivity contribution < 1.29 is 9.53 Å². The summed E-state index contributed by atoms with van der Waals surface area (Å²) in [5, 5.41) is 12.8. The van der Waals surface area contributed by atoms with E-state index in [1.165, 1.54) is 0 Å². The number of carbonyl (C=O) groups excluding carboxylic acids is 1. The topological polar surface area (TPSA) is 62.1 Å². The Labute approximate surface area is 158 Å². The Kier molecular flexibility index (Phi) is 5.45. The molecule has 130 valence electrons. The van der Waals surface area contributed by atoms with Crippen LogP contribution < -0.4 is 5.32 Å². The Balaban J connectivity index is 2.26. The molecule has 0 unspecified atom stereocenters. The molecule has 2 aromatic rings. The minimum atomic E-state index is -0.640. The molecule has 1 aliphatic heterocycles. The molecular weight excluding hydrogens is 344 g/mol. The third-order valence-corrected chi connectivity index (χ3v) is 4.66. The third-order valence-electron chi connectivity index (χ3n) is 4.30. The quantitative estimate of drug-likeness (QED) is 0.662. The number of benzene rings is 2. The summed E-state index contributed by atoms with van der Waals surface area (Å²) in [6, 6.07) is 21.2. The normalized spacial score (nSPS) is 19.5. The number of nitrogens with one attached hydrogen (secondary N) is 1. The molecular formula is C21H18N2O2S. The standard InChI is InChI=1S/C21H18N2O2S/c1-2-25-21(24)18-17(14-9-5-3-6-10-14)16(13-22)20(26)23-19(18)15-11-7-4-8-12-15/h3-12,16-17H,2H2,1H3,(H,23,26)/t16-,17-/m0/s1. The van der Waals surface area contributed by atoms with E-state index in [0.717, 1.165) is 11.1 Å². The molecule has 1 heterocycles. The Morgan fingerprint density at radius 1 is 1.15 bits per heavy atom. The first-order chi connectivity index (χ1) is 12.7. The molecule has 2 aromatic carbocycles. The zero-order valence-corrected chi connectivity index (χ0v) is 15.1. The molecule has 26 heavy (non-hydrogen) atoms. The Morgan fingerprint density at radius 2 is 1.77 bits per heavy atom. The van der Waals surface area contributed by atoms with Crippen LogP contribution in [0.15, 0.2) is 66.2 Å². The van der Waals surface area contributed by atoms with Crippen molar-refractivity contribution in [1.82, 2.24) is 5.32 Å². The Bertz CT molecular complexity index is 885. The average Bonchev–Trinajstić information content (AvgIpc) is 2.68. The molecule has 0 spiro atoms. The predicted molar refractivity (Wildman–Crippen MR) is 104 cm³/mol. The van der Waals surface area contributed by atoms with Gasteiger partial charge in [0.05, 0.1) is 28.9 Å². The van der Waals surface area contributed by atoms with Gasteiger partial charge in [-0.2, -0.15) is 5.26 Å². The lowest BCUT2D eigenvalue weighted by atomic mass is 9.76. The summed E-state index contributed by atoms with van der Waals surface area (Å²) in [7, 11) is 0. The van der Waals surface area contributed by atoms with Crippen LogP contribution in [-0.4, -0.2) is 17.6 Å². The van der Waals surface area contributed by atoms with Gasteiger partial charge in [0.2, 0.25) is 0 Å². The van der Waals surface area contributed by atoms with Gasteiger partial charge >= 0.3 is 5.97 Å². The van der Waals surface area contributed by atoms with Crippen LogP contribution in [-0.2, 0) is 9.53 Å². The molecule has 5 heteroatoms. The molecule has 4 nitrogen and oxygen atoms in total. The minimum Gasteiger partial charge on any atom is -0.463 e. The van der Waals surface area contributed by atoms with Gasteiger partial charge in [-0.3, -0.25) is 0 Å². The smallest absolute Gasteiger partial charge is 0.336 e. The molecule has 0 aromatic heterocycles. The van der Waals surface area contributed by atoms with Crippen molar-refractivity contribution in [1.29, 1.82) is 5.26 Å². The molecule has 0 aliphatic carbocycles. The second kappa shape index (κ2) is 7.94.